The fraction of sp³-hybridized carbons (Fsp3) is 0.333. The molecule has 0 aliphatic heterocycles. The van der Waals surface area contributed by atoms with Crippen LogP contribution in [0.4, 0.5) is 5.69 Å². The van der Waals surface area contributed by atoms with Crippen LogP contribution in [0.25, 0.3) is 0 Å². The van der Waals surface area contributed by atoms with E-state index >= 15 is 0 Å². The van der Waals surface area contributed by atoms with Gasteiger partial charge in [-0.1, -0.05) is 31.2 Å². The number of nitrogens with zero attached hydrogens (tertiary/aromatic N) is 1. The molecule has 24 heavy (non-hydrogen) atoms. The lowest BCUT2D eigenvalue weighted by Crippen LogP contribution is -2.39. The van der Waals surface area contributed by atoms with Crippen molar-refractivity contribution in [3.8, 4) is 0 Å². The van der Waals surface area contributed by atoms with Gasteiger partial charge in [0.05, 0.1) is 0 Å². The number of para-hydroxylation sites is 1. The smallest absolute Gasteiger partial charge is 0.246 e. The number of aliphatic imine (C=N–C) groups is 1. The van der Waals surface area contributed by atoms with Crippen molar-refractivity contribution < 1.29 is 4.79 Å². The molecule has 2 rings (SSSR count). The molecule has 0 spiro atoms. The molecule has 1 aromatic carbocycles. The van der Waals surface area contributed by atoms with E-state index in [9.17, 15) is 4.79 Å². The van der Waals surface area contributed by atoms with Crippen molar-refractivity contribution in [1.82, 2.24) is 10.6 Å². The highest BCUT2D eigenvalue weighted by Crippen LogP contribution is 2.19. The van der Waals surface area contributed by atoms with Crippen LogP contribution in [0.2, 0.25) is 0 Å². The number of nitrogens with one attached hydrogen (secondary N) is 3. The van der Waals surface area contributed by atoms with Crippen LogP contribution in [0.1, 0.15) is 24.6 Å². The molecular formula is C18H24N4OS. The molecule has 6 heteroatoms. The van der Waals surface area contributed by atoms with Crippen LogP contribution in [0.15, 0.2) is 52.8 Å². The largest absolute Gasteiger partial charge is 0.357 e. The SMILES string of the molecule is CCNC(=NCC(=O)Nc1ccccc1)NCC(C)c1cccs1. The molecule has 1 heterocycles. The van der Waals surface area contributed by atoms with Crippen LogP contribution in [0.3, 0.4) is 0 Å². The maximum Gasteiger partial charge on any atom is 0.246 e. The van der Waals surface area contributed by atoms with Crippen LogP contribution in [0.5, 0.6) is 0 Å². The predicted octanol–water partition coefficient (Wildman–Crippen LogP) is 3.05. The number of anilines is 1. The van der Waals surface area contributed by atoms with Gasteiger partial charge in [-0.15, -0.1) is 11.3 Å². The summed E-state index contributed by atoms with van der Waals surface area (Å²) in [6.07, 6.45) is 0. The highest BCUT2D eigenvalue weighted by Gasteiger charge is 2.08. The Hall–Kier alpha value is -2.34. The molecule has 0 saturated heterocycles. The second kappa shape index (κ2) is 9.72. The second-order valence-electron chi connectivity index (χ2n) is 5.41. The summed E-state index contributed by atoms with van der Waals surface area (Å²) in [6.45, 7) is 5.78. The first-order valence-electron chi connectivity index (χ1n) is 8.09. The highest BCUT2D eigenvalue weighted by atomic mass is 32.1. The van der Waals surface area contributed by atoms with E-state index < -0.39 is 0 Å². The average molecular weight is 344 g/mol. The standard InChI is InChI=1S/C18H24N4OS/c1-3-19-18(20-12-14(2)16-10-7-11-24-16)21-13-17(23)22-15-8-5-4-6-9-15/h4-11,14H,3,12-13H2,1-2H3,(H,22,23)(H2,19,20,21). The predicted molar refractivity (Wildman–Crippen MR) is 102 cm³/mol. The maximum absolute atomic E-state index is 12.0. The van der Waals surface area contributed by atoms with Gasteiger partial charge in [-0.3, -0.25) is 4.79 Å². The number of rotatable bonds is 7. The lowest BCUT2D eigenvalue weighted by Gasteiger charge is -2.15. The Morgan fingerprint density at radius 2 is 1.96 bits per heavy atom. The van der Waals surface area contributed by atoms with Crippen LogP contribution >= 0.6 is 11.3 Å². The van der Waals surface area contributed by atoms with E-state index in [1.165, 1.54) is 4.88 Å². The van der Waals surface area contributed by atoms with Crippen molar-refractivity contribution in [1.29, 1.82) is 0 Å². The van der Waals surface area contributed by atoms with Crippen molar-refractivity contribution in [2.24, 2.45) is 4.99 Å². The minimum Gasteiger partial charge on any atom is -0.357 e. The third-order valence-corrected chi connectivity index (χ3v) is 4.49. The van der Waals surface area contributed by atoms with E-state index in [4.69, 9.17) is 0 Å². The van der Waals surface area contributed by atoms with Crippen molar-refractivity contribution in [2.75, 3.05) is 25.0 Å². The van der Waals surface area contributed by atoms with Gasteiger partial charge in [0, 0.05) is 29.6 Å². The normalized spacial score (nSPS) is 12.5. The van der Waals surface area contributed by atoms with Gasteiger partial charge in [-0.25, -0.2) is 4.99 Å². The van der Waals surface area contributed by atoms with Crippen LogP contribution in [-0.2, 0) is 4.79 Å². The van der Waals surface area contributed by atoms with Crippen molar-refractivity contribution in [3.63, 3.8) is 0 Å². The molecule has 1 unspecified atom stereocenters. The van der Waals surface area contributed by atoms with E-state index in [-0.39, 0.29) is 12.5 Å². The Morgan fingerprint density at radius 1 is 1.17 bits per heavy atom. The number of carbonyl (C=O) groups is 1. The van der Waals surface area contributed by atoms with Crippen LogP contribution < -0.4 is 16.0 Å². The Morgan fingerprint density at radius 3 is 2.62 bits per heavy atom. The first kappa shape index (κ1) is 18.0. The van der Waals surface area contributed by atoms with E-state index in [1.54, 1.807) is 11.3 Å². The second-order valence-corrected chi connectivity index (χ2v) is 6.39. The van der Waals surface area contributed by atoms with Gasteiger partial charge < -0.3 is 16.0 Å². The molecule has 0 radical (unpaired) electrons. The molecular weight excluding hydrogens is 320 g/mol. The third kappa shape index (κ3) is 6.04. The fourth-order valence-corrected chi connectivity index (χ4v) is 2.92. The highest BCUT2D eigenvalue weighted by molar-refractivity contribution is 7.10. The molecule has 0 aliphatic carbocycles. The lowest BCUT2D eigenvalue weighted by atomic mass is 10.1. The monoisotopic (exact) mass is 344 g/mol. The summed E-state index contributed by atoms with van der Waals surface area (Å²) in [6, 6.07) is 13.6. The van der Waals surface area contributed by atoms with Gasteiger partial charge in [-0.2, -0.15) is 0 Å². The molecule has 1 atom stereocenters. The molecule has 1 aromatic heterocycles. The number of thiophene rings is 1. The van der Waals surface area contributed by atoms with Crippen LogP contribution in [-0.4, -0.2) is 31.5 Å². The summed E-state index contributed by atoms with van der Waals surface area (Å²) in [5, 5.41) is 11.4. The van der Waals surface area contributed by atoms with Crippen molar-refractivity contribution in [2.45, 2.75) is 19.8 Å². The van der Waals surface area contributed by atoms with Crippen LogP contribution in [0, 0.1) is 0 Å². The zero-order valence-electron chi connectivity index (χ0n) is 14.1. The van der Waals surface area contributed by atoms with Gasteiger partial charge in [-0.05, 0) is 30.5 Å². The number of carbonyl (C=O) groups excluding carboxylic acids is 1. The zero-order chi connectivity index (χ0) is 17.2. The summed E-state index contributed by atoms with van der Waals surface area (Å²) in [7, 11) is 0. The van der Waals surface area contributed by atoms with E-state index in [0.29, 0.717) is 11.9 Å². The molecule has 128 valence electrons. The Balaban J connectivity index is 1.84. The minimum absolute atomic E-state index is 0.0810. The molecule has 0 fully saturated rings. The molecule has 3 N–H and O–H groups in total. The Labute approximate surface area is 147 Å². The van der Waals surface area contributed by atoms with Gasteiger partial charge in [0.1, 0.15) is 6.54 Å². The maximum atomic E-state index is 12.0. The number of hydrogen-bond donors (Lipinski definition) is 3. The third-order valence-electron chi connectivity index (χ3n) is 3.39. The molecule has 2 aromatic rings. The molecule has 5 nitrogen and oxygen atoms in total. The van der Waals surface area contributed by atoms with Gasteiger partial charge >= 0.3 is 0 Å². The fourth-order valence-electron chi connectivity index (χ4n) is 2.14. The quantitative estimate of drug-likeness (QED) is 0.534. The van der Waals surface area contributed by atoms with Gasteiger partial charge in [0.15, 0.2) is 5.96 Å². The Kier molecular flexibility index (Phi) is 7.29. The van der Waals surface area contributed by atoms with Gasteiger partial charge in [0.2, 0.25) is 5.91 Å². The minimum atomic E-state index is -0.135. The zero-order valence-corrected chi connectivity index (χ0v) is 14.9. The van der Waals surface area contributed by atoms with Crippen molar-refractivity contribution >= 4 is 28.9 Å². The molecule has 1 amide bonds. The number of amides is 1. The van der Waals surface area contributed by atoms with Crippen molar-refractivity contribution in [3.05, 3.63) is 52.7 Å². The summed E-state index contributed by atoms with van der Waals surface area (Å²) >= 11 is 1.75. The molecule has 0 aliphatic rings. The van der Waals surface area contributed by atoms with E-state index in [1.807, 2.05) is 37.3 Å². The summed E-state index contributed by atoms with van der Waals surface area (Å²) in [4.78, 5) is 17.7. The number of guanidine groups is 1. The first-order chi connectivity index (χ1) is 11.7. The van der Waals surface area contributed by atoms with E-state index in [0.717, 1.165) is 18.8 Å². The number of benzene rings is 1. The number of hydrogen-bond acceptors (Lipinski definition) is 3. The summed E-state index contributed by atoms with van der Waals surface area (Å²) in [5.41, 5.74) is 0.780. The Bertz CT molecular complexity index is 640. The average Bonchev–Trinajstić information content (AvgIpc) is 3.12. The topological polar surface area (TPSA) is 65.5 Å². The summed E-state index contributed by atoms with van der Waals surface area (Å²) in [5.74, 6) is 0.917. The first-order valence-corrected chi connectivity index (χ1v) is 8.97. The van der Waals surface area contributed by atoms with E-state index in [2.05, 4.69) is 45.4 Å². The lowest BCUT2D eigenvalue weighted by molar-refractivity contribution is -0.114. The van der Waals surface area contributed by atoms with Gasteiger partial charge in [0.25, 0.3) is 0 Å². The molecule has 0 saturated carbocycles. The summed E-state index contributed by atoms with van der Waals surface area (Å²) < 4.78 is 0. The molecule has 0 bridgehead atoms.